The number of carboxylic acid groups (broad SMARTS) is 1. The second-order valence-electron chi connectivity index (χ2n) is 4.93. The zero-order chi connectivity index (χ0) is 15.4. The molecule has 2 rings (SSSR count). The van der Waals surface area contributed by atoms with E-state index in [0.29, 0.717) is 32.7 Å². The van der Waals surface area contributed by atoms with E-state index in [2.05, 4.69) is 21.2 Å². The molecule has 1 unspecified atom stereocenters. The average Bonchev–Trinajstić information content (AvgIpc) is 2.89. The molecule has 2 N–H and O–H groups in total. The molecule has 2 heterocycles. The molecule has 1 aliphatic heterocycles. The second kappa shape index (κ2) is 7.24. The van der Waals surface area contributed by atoms with E-state index in [-0.39, 0.29) is 6.03 Å². The van der Waals surface area contributed by atoms with Crippen molar-refractivity contribution in [3.63, 3.8) is 0 Å². The Morgan fingerprint density at radius 1 is 1.43 bits per heavy atom. The number of nitrogens with zero attached hydrogens (tertiary/aromatic N) is 2. The number of carbonyl (C=O) groups excluding carboxylic acids is 1. The van der Waals surface area contributed by atoms with E-state index in [0.717, 1.165) is 9.35 Å². The van der Waals surface area contributed by atoms with Crippen LogP contribution in [0.4, 0.5) is 4.79 Å². The normalized spacial score (nSPS) is 17.5. The van der Waals surface area contributed by atoms with Crippen LogP contribution in [0.15, 0.2) is 15.9 Å². The number of urea groups is 1. The van der Waals surface area contributed by atoms with Gasteiger partial charge in [-0.25, -0.2) is 4.79 Å². The summed E-state index contributed by atoms with van der Waals surface area (Å²) in [6, 6.07) is 1.39. The van der Waals surface area contributed by atoms with E-state index in [9.17, 15) is 9.59 Å². The lowest BCUT2D eigenvalue weighted by Gasteiger charge is -2.36. The van der Waals surface area contributed by atoms with Crippen molar-refractivity contribution in [1.82, 2.24) is 15.1 Å². The lowest BCUT2D eigenvalue weighted by atomic mass is 10.2. The Kier molecular flexibility index (Phi) is 5.60. The van der Waals surface area contributed by atoms with E-state index in [1.54, 1.807) is 23.2 Å². The number of hydrogen-bond acceptors (Lipinski definition) is 4. The van der Waals surface area contributed by atoms with Crippen molar-refractivity contribution in [3.8, 4) is 0 Å². The summed E-state index contributed by atoms with van der Waals surface area (Å²) in [5.41, 5.74) is 0. The van der Waals surface area contributed by atoms with Crippen LogP contribution in [0.1, 0.15) is 11.8 Å². The van der Waals surface area contributed by atoms with Crippen LogP contribution in [0.2, 0.25) is 0 Å². The van der Waals surface area contributed by atoms with Gasteiger partial charge in [0.05, 0.1) is 6.54 Å². The number of carboxylic acids is 1. The van der Waals surface area contributed by atoms with Gasteiger partial charge in [-0.1, -0.05) is 0 Å². The molecule has 6 nitrogen and oxygen atoms in total. The SMILES string of the molecule is CC(C(=O)O)N1CCN(C(=O)NCc2cc(Br)cs2)CC1. The van der Waals surface area contributed by atoms with Crippen LogP contribution in [-0.2, 0) is 11.3 Å². The molecule has 0 aliphatic carbocycles. The van der Waals surface area contributed by atoms with Crippen molar-refractivity contribution in [1.29, 1.82) is 0 Å². The minimum atomic E-state index is -0.823. The van der Waals surface area contributed by atoms with E-state index in [1.807, 2.05) is 16.3 Å². The summed E-state index contributed by atoms with van der Waals surface area (Å²) >= 11 is 4.97. The predicted molar refractivity (Wildman–Crippen MR) is 84.5 cm³/mol. The topological polar surface area (TPSA) is 72.9 Å². The van der Waals surface area contributed by atoms with Gasteiger partial charge in [0.25, 0.3) is 0 Å². The number of nitrogens with one attached hydrogen (secondary N) is 1. The molecule has 1 atom stereocenters. The Labute approximate surface area is 135 Å². The number of hydrogen-bond donors (Lipinski definition) is 2. The summed E-state index contributed by atoms with van der Waals surface area (Å²) in [6.45, 7) is 4.47. The highest BCUT2D eigenvalue weighted by Gasteiger charge is 2.26. The molecular formula is C13H18BrN3O3S. The van der Waals surface area contributed by atoms with Crippen LogP contribution < -0.4 is 5.32 Å². The van der Waals surface area contributed by atoms with Crippen molar-refractivity contribution >= 4 is 39.3 Å². The Morgan fingerprint density at radius 3 is 2.62 bits per heavy atom. The summed E-state index contributed by atoms with van der Waals surface area (Å²) < 4.78 is 1.02. The first-order valence-corrected chi connectivity index (χ1v) is 8.37. The lowest BCUT2D eigenvalue weighted by molar-refractivity contribution is -0.143. The number of carbonyl (C=O) groups is 2. The standard InChI is InChI=1S/C13H18BrN3O3S/c1-9(12(18)19)16-2-4-17(5-3-16)13(20)15-7-11-6-10(14)8-21-11/h6,8-9H,2-5,7H2,1H3,(H,15,20)(H,18,19). The Balaban J connectivity index is 1.76. The maximum absolute atomic E-state index is 12.1. The van der Waals surface area contributed by atoms with Crippen LogP contribution >= 0.6 is 27.3 Å². The molecule has 1 saturated heterocycles. The first-order valence-electron chi connectivity index (χ1n) is 6.70. The van der Waals surface area contributed by atoms with Crippen molar-refractivity contribution < 1.29 is 14.7 Å². The minimum Gasteiger partial charge on any atom is -0.480 e. The fourth-order valence-corrected chi connectivity index (χ4v) is 3.58. The van der Waals surface area contributed by atoms with Gasteiger partial charge in [0.15, 0.2) is 0 Å². The highest BCUT2D eigenvalue weighted by atomic mass is 79.9. The molecule has 116 valence electrons. The third kappa shape index (κ3) is 4.42. The molecular weight excluding hydrogens is 358 g/mol. The molecule has 21 heavy (non-hydrogen) atoms. The molecule has 0 saturated carbocycles. The fraction of sp³-hybridized carbons (Fsp3) is 0.538. The van der Waals surface area contributed by atoms with Crippen LogP contribution in [0.25, 0.3) is 0 Å². The summed E-state index contributed by atoms with van der Waals surface area (Å²) in [7, 11) is 0. The largest absolute Gasteiger partial charge is 0.480 e. The smallest absolute Gasteiger partial charge is 0.320 e. The number of halogens is 1. The number of rotatable bonds is 4. The third-order valence-electron chi connectivity index (χ3n) is 3.54. The van der Waals surface area contributed by atoms with Gasteiger partial charge in [-0.15, -0.1) is 11.3 Å². The summed E-state index contributed by atoms with van der Waals surface area (Å²) in [5.74, 6) is -0.823. The molecule has 2 amide bonds. The van der Waals surface area contributed by atoms with Crippen LogP contribution in [0.3, 0.4) is 0 Å². The summed E-state index contributed by atoms with van der Waals surface area (Å²) in [5, 5.41) is 13.9. The number of aliphatic carboxylic acids is 1. The maximum atomic E-state index is 12.1. The van der Waals surface area contributed by atoms with E-state index >= 15 is 0 Å². The van der Waals surface area contributed by atoms with Crippen LogP contribution in [0, 0.1) is 0 Å². The molecule has 1 aromatic heterocycles. The first-order chi connectivity index (χ1) is 9.97. The van der Waals surface area contributed by atoms with Gasteiger partial charge in [0.1, 0.15) is 6.04 Å². The molecule has 1 fully saturated rings. The number of thiophene rings is 1. The number of piperazine rings is 1. The first kappa shape index (κ1) is 16.3. The lowest BCUT2D eigenvalue weighted by Crippen LogP contribution is -2.54. The highest BCUT2D eigenvalue weighted by molar-refractivity contribution is 9.10. The van der Waals surface area contributed by atoms with E-state index < -0.39 is 12.0 Å². The van der Waals surface area contributed by atoms with Crippen molar-refractivity contribution in [3.05, 3.63) is 20.8 Å². The highest BCUT2D eigenvalue weighted by Crippen LogP contribution is 2.19. The van der Waals surface area contributed by atoms with Gasteiger partial charge in [0, 0.05) is 40.9 Å². The molecule has 1 aromatic rings. The Morgan fingerprint density at radius 2 is 2.10 bits per heavy atom. The van der Waals surface area contributed by atoms with Crippen molar-refractivity contribution in [2.75, 3.05) is 26.2 Å². The van der Waals surface area contributed by atoms with Crippen molar-refractivity contribution in [2.24, 2.45) is 0 Å². The predicted octanol–water partition coefficient (Wildman–Crippen LogP) is 1.81. The van der Waals surface area contributed by atoms with E-state index in [1.165, 1.54) is 0 Å². The monoisotopic (exact) mass is 375 g/mol. The fourth-order valence-electron chi connectivity index (χ4n) is 2.19. The van der Waals surface area contributed by atoms with Crippen LogP contribution in [-0.4, -0.2) is 59.1 Å². The van der Waals surface area contributed by atoms with Crippen molar-refractivity contribution in [2.45, 2.75) is 19.5 Å². The summed E-state index contributed by atoms with van der Waals surface area (Å²) in [6.07, 6.45) is 0. The quantitative estimate of drug-likeness (QED) is 0.841. The Bertz CT molecular complexity index is 515. The van der Waals surface area contributed by atoms with Gasteiger partial charge in [-0.3, -0.25) is 9.69 Å². The molecule has 0 bridgehead atoms. The Hall–Kier alpha value is -1.12. The third-order valence-corrected chi connectivity index (χ3v) is 5.24. The zero-order valence-electron chi connectivity index (χ0n) is 11.7. The molecule has 8 heteroatoms. The van der Waals surface area contributed by atoms with E-state index in [4.69, 9.17) is 5.11 Å². The van der Waals surface area contributed by atoms with Gasteiger partial charge in [-0.05, 0) is 28.9 Å². The average molecular weight is 376 g/mol. The second-order valence-corrected chi connectivity index (χ2v) is 6.84. The molecule has 0 radical (unpaired) electrons. The minimum absolute atomic E-state index is 0.0952. The van der Waals surface area contributed by atoms with Crippen LogP contribution in [0.5, 0.6) is 0 Å². The molecule has 0 spiro atoms. The summed E-state index contributed by atoms with van der Waals surface area (Å²) in [4.78, 5) is 27.7. The van der Waals surface area contributed by atoms with Gasteiger partial charge < -0.3 is 15.3 Å². The van der Waals surface area contributed by atoms with Gasteiger partial charge in [-0.2, -0.15) is 0 Å². The molecule has 1 aliphatic rings. The van der Waals surface area contributed by atoms with Gasteiger partial charge in [0.2, 0.25) is 0 Å². The molecule has 0 aromatic carbocycles. The number of amides is 2. The zero-order valence-corrected chi connectivity index (χ0v) is 14.1. The maximum Gasteiger partial charge on any atom is 0.320 e. The van der Waals surface area contributed by atoms with Gasteiger partial charge >= 0.3 is 12.0 Å².